The first-order valence-electron chi connectivity index (χ1n) is 8.88. The molecule has 7 heteroatoms. The van der Waals surface area contributed by atoms with Crippen molar-refractivity contribution in [2.75, 3.05) is 6.54 Å². The molecule has 4 rings (SSSR count). The normalized spacial score (nSPS) is 14.1. The number of alkyl halides is 3. The molecule has 0 unspecified atom stereocenters. The van der Waals surface area contributed by atoms with Gasteiger partial charge < -0.3 is 9.47 Å². The number of carbonyl (C=O) groups excluding carboxylic acids is 1. The van der Waals surface area contributed by atoms with Crippen LogP contribution >= 0.6 is 0 Å². The van der Waals surface area contributed by atoms with E-state index in [4.69, 9.17) is 0 Å². The minimum Gasteiger partial charge on any atom is -0.340 e. The molecule has 0 saturated heterocycles. The summed E-state index contributed by atoms with van der Waals surface area (Å²) < 4.78 is 40.0. The first-order chi connectivity index (χ1) is 13.3. The van der Waals surface area contributed by atoms with Crippen LogP contribution in [0.25, 0.3) is 11.1 Å². The summed E-state index contributed by atoms with van der Waals surface area (Å²) >= 11 is 0. The molecule has 0 N–H and O–H groups in total. The molecular weight excluding hydrogens is 367 g/mol. The highest BCUT2D eigenvalue weighted by Crippen LogP contribution is 2.32. The molecule has 0 spiro atoms. The number of rotatable bonds is 2. The lowest BCUT2D eigenvalue weighted by molar-refractivity contribution is -0.137. The second-order valence-corrected chi connectivity index (χ2v) is 6.96. The molecule has 144 valence electrons. The molecule has 0 radical (unpaired) electrons. The van der Waals surface area contributed by atoms with Gasteiger partial charge in [-0.25, -0.2) is 4.98 Å². The van der Waals surface area contributed by atoms with Gasteiger partial charge in [-0.05, 0) is 46.9 Å². The predicted molar refractivity (Wildman–Crippen MR) is 98.5 cm³/mol. The van der Waals surface area contributed by atoms with Crippen molar-refractivity contribution < 1.29 is 18.0 Å². The average molecular weight is 385 g/mol. The summed E-state index contributed by atoms with van der Waals surface area (Å²) in [7, 11) is 1.81. The molecule has 0 fully saturated rings. The highest BCUT2D eigenvalue weighted by atomic mass is 19.4. The van der Waals surface area contributed by atoms with Gasteiger partial charge in [-0.3, -0.25) is 4.79 Å². The van der Waals surface area contributed by atoms with E-state index in [0.29, 0.717) is 24.3 Å². The second-order valence-electron chi connectivity index (χ2n) is 6.96. The molecule has 1 aromatic heterocycles. The Balaban J connectivity index is 1.58. The fourth-order valence-electron chi connectivity index (χ4n) is 3.45. The number of imidazole rings is 1. The number of aryl methyl sites for hydroxylation is 1. The molecule has 1 amide bonds. The Morgan fingerprint density at radius 2 is 1.75 bits per heavy atom. The van der Waals surface area contributed by atoms with Crippen molar-refractivity contribution in [1.82, 2.24) is 14.5 Å². The van der Waals surface area contributed by atoms with Crippen molar-refractivity contribution >= 4 is 5.91 Å². The zero-order valence-corrected chi connectivity index (χ0v) is 15.2. The summed E-state index contributed by atoms with van der Waals surface area (Å²) in [5.74, 6) is -0.119. The molecule has 3 aromatic rings. The molecule has 28 heavy (non-hydrogen) atoms. The molecule has 2 heterocycles. The Labute approximate surface area is 160 Å². The minimum atomic E-state index is -4.35. The third kappa shape index (κ3) is 3.52. The predicted octanol–water partition coefficient (Wildman–Crippen LogP) is 4.30. The van der Waals surface area contributed by atoms with Crippen molar-refractivity contribution in [1.29, 1.82) is 0 Å². The minimum absolute atomic E-state index is 0.119. The molecule has 0 saturated carbocycles. The SMILES string of the molecule is Cn1cnc(C(=O)N2CCc3ccc(-c4ccc(C(F)(F)F)cc4)cc3C2)c1. The Morgan fingerprint density at radius 1 is 1.04 bits per heavy atom. The highest BCUT2D eigenvalue weighted by Gasteiger charge is 2.30. The Morgan fingerprint density at radius 3 is 2.39 bits per heavy atom. The van der Waals surface area contributed by atoms with Crippen LogP contribution < -0.4 is 0 Å². The van der Waals surface area contributed by atoms with Gasteiger partial charge >= 0.3 is 6.18 Å². The van der Waals surface area contributed by atoms with Crippen LogP contribution in [-0.4, -0.2) is 26.9 Å². The molecule has 0 aliphatic carbocycles. The maximum absolute atomic E-state index is 12.8. The number of hydrogen-bond acceptors (Lipinski definition) is 2. The number of halogens is 3. The molecule has 4 nitrogen and oxygen atoms in total. The van der Waals surface area contributed by atoms with Gasteiger partial charge in [0.05, 0.1) is 11.9 Å². The molecule has 2 aromatic carbocycles. The molecule has 0 atom stereocenters. The summed E-state index contributed by atoms with van der Waals surface area (Å²) in [4.78, 5) is 18.5. The van der Waals surface area contributed by atoms with Gasteiger partial charge in [-0.1, -0.05) is 24.3 Å². The number of aromatic nitrogens is 2. The van der Waals surface area contributed by atoms with Gasteiger partial charge in [-0.2, -0.15) is 13.2 Å². The molecular formula is C21H18F3N3O. The van der Waals surface area contributed by atoms with Crippen LogP contribution in [0.3, 0.4) is 0 Å². The van der Waals surface area contributed by atoms with Gasteiger partial charge in [0.25, 0.3) is 5.91 Å². The van der Waals surface area contributed by atoms with E-state index in [0.717, 1.165) is 35.2 Å². The van der Waals surface area contributed by atoms with E-state index in [9.17, 15) is 18.0 Å². The maximum atomic E-state index is 12.8. The third-order valence-corrected chi connectivity index (χ3v) is 4.98. The lowest BCUT2D eigenvalue weighted by atomic mass is 9.94. The monoisotopic (exact) mass is 385 g/mol. The average Bonchev–Trinajstić information content (AvgIpc) is 3.12. The van der Waals surface area contributed by atoms with E-state index in [2.05, 4.69) is 4.98 Å². The summed E-state index contributed by atoms with van der Waals surface area (Å²) in [6, 6.07) is 11.0. The van der Waals surface area contributed by atoms with E-state index in [1.807, 2.05) is 25.2 Å². The van der Waals surface area contributed by atoms with Crippen molar-refractivity contribution in [2.45, 2.75) is 19.1 Å². The Hall–Kier alpha value is -3.09. The molecule has 1 aliphatic heterocycles. The summed E-state index contributed by atoms with van der Waals surface area (Å²) in [5, 5.41) is 0. The fraction of sp³-hybridized carbons (Fsp3) is 0.238. The highest BCUT2D eigenvalue weighted by molar-refractivity contribution is 5.92. The van der Waals surface area contributed by atoms with Crippen LogP contribution in [0.1, 0.15) is 27.2 Å². The lowest BCUT2D eigenvalue weighted by Gasteiger charge is -2.28. The smallest absolute Gasteiger partial charge is 0.340 e. The van der Waals surface area contributed by atoms with Gasteiger partial charge in [0.15, 0.2) is 0 Å². The number of amides is 1. The zero-order chi connectivity index (χ0) is 19.9. The van der Waals surface area contributed by atoms with Crippen LogP contribution in [0.4, 0.5) is 13.2 Å². The summed E-state index contributed by atoms with van der Waals surface area (Å²) in [6.07, 6.45) is -0.327. The first-order valence-corrected chi connectivity index (χ1v) is 8.88. The zero-order valence-electron chi connectivity index (χ0n) is 15.2. The van der Waals surface area contributed by atoms with E-state index < -0.39 is 11.7 Å². The maximum Gasteiger partial charge on any atom is 0.416 e. The van der Waals surface area contributed by atoms with Crippen LogP contribution in [0.5, 0.6) is 0 Å². The van der Waals surface area contributed by atoms with E-state index in [-0.39, 0.29) is 5.91 Å². The van der Waals surface area contributed by atoms with Crippen LogP contribution in [0, 0.1) is 0 Å². The van der Waals surface area contributed by atoms with Gasteiger partial charge in [0.1, 0.15) is 5.69 Å². The van der Waals surface area contributed by atoms with Crippen molar-refractivity contribution in [3.63, 3.8) is 0 Å². The van der Waals surface area contributed by atoms with Crippen LogP contribution in [-0.2, 0) is 26.2 Å². The van der Waals surface area contributed by atoms with E-state index in [1.54, 1.807) is 22.0 Å². The Bertz CT molecular complexity index is 1020. The van der Waals surface area contributed by atoms with E-state index in [1.165, 1.54) is 12.1 Å². The number of fused-ring (bicyclic) bond motifs is 1. The topological polar surface area (TPSA) is 38.1 Å². The quantitative estimate of drug-likeness (QED) is 0.660. The van der Waals surface area contributed by atoms with Crippen molar-refractivity contribution in [2.24, 2.45) is 7.05 Å². The van der Waals surface area contributed by atoms with Gasteiger partial charge in [0, 0.05) is 26.3 Å². The molecule has 1 aliphatic rings. The number of nitrogens with zero attached hydrogens (tertiary/aromatic N) is 3. The van der Waals surface area contributed by atoms with Crippen molar-refractivity contribution in [3.05, 3.63) is 77.4 Å². The van der Waals surface area contributed by atoms with E-state index >= 15 is 0 Å². The van der Waals surface area contributed by atoms with Gasteiger partial charge in [-0.15, -0.1) is 0 Å². The van der Waals surface area contributed by atoms with Crippen molar-refractivity contribution in [3.8, 4) is 11.1 Å². The lowest BCUT2D eigenvalue weighted by Crippen LogP contribution is -2.36. The Kier molecular flexibility index (Phi) is 4.45. The summed E-state index contributed by atoms with van der Waals surface area (Å²) in [6.45, 7) is 1.07. The standard InChI is InChI=1S/C21H18F3N3O/c1-26-12-19(25-13-26)20(28)27-9-8-15-2-3-16(10-17(15)11-27)14-4-6-18(7-5-14)21(22,23)24/h2-7,10,12-13H,8-9,11H2,1H3. The second kappa shape index (κ2) is 6.82. The first kappa shape index (κ1) is 18.3. The largest absolute Gasteiger partial charge is 0.416 e. The van der Waals surface area contributed by atoms with Gasteiger partial charge in [0.2, 0.25) is 0 Å². The number of benzene rings is 2. The molecule has 0 bridgehead atoms. The van der Waals surface area contributed by atoms with Crippen LogP contribution in [0.15, 0.2) is 55.0 Å². The third-order valence-electron chi connectivity index (χ3n) is 4.98. The number of carbonyl (C=O) groups is 1. The summed E-state index contributed by atoms with van der Waals surface area (Å²) in [5.41, 5.74) is 3.45. The fourth-order valence-corrected chi connectivity index (χ4v) is 3.45. The number of hydrogen-bond donors (Lipinski definition) is 0. The van der Waals surface area contributed by atoms with Crippen LogP contribution in [0.2, 0.25) is 0 Å².